The Morgan fingerprint density at radius 1 is 1.35 bits per heavy atom. The van der Waals surface area contributed by atoms with Gasteiger partial charge in [-0.2, -0.15) is 0 Å². The minimum Gasteiger partial charge on any atom is -0.388 e. The van der Waals surface area contributed by atoms with E-state index in [9.17, 15) is 15.3 Å². The van der Waals surface area contributed by atoms with E-state index in [1.165, 1.54) is 6.92 Å². The predicted molar refractivity (Wildman–Crippen MR) is 53.5 cm³/mol. The van der Waals surface area contributed by atoms with Crippen LogP contribution in [0.5, 0.6) is 0 Å². The highest BCUT2D eigenvalue weighted by Crippen LogP contribution is 2.23. The molecule has 9 nitrogen and oxygen atoms in total. The fourth-order valence-electron chi connectivity index (χ4n) is 1.49. The maximum Gasteiger partial charge on any atom is 0.189 e. The van der Waals surface area contributed by atoms with Gasteiger partial charge in [-0.15, -0.1) is 0 Å². The fraction of sp³-hybridized carbons (Fsp3) is 1.00. The Kier molecular flexibility index (Phi) is 5.09. The number of azide groups is 1. The highest BCUT2D eigenvalue weighted by molar-refractivity contribution is 4.90. The van der Waals surface area contributed by atoms with Gasteiger partial charge in [-0.05, 0) is 12.5 Å². The summed E-state index contributed by atoms with van der Waals surface area (Å²) in [5.41, 5.74) is 8.15. The molecule has 1 aliphatic heterocycles. The molecule has 0 bridgehead atoms. The van der Waals surface area contributed by atoms with Crippen molar-refractivity contribution in [1.82, 2.24) is 0 Å². The molecule has 6 atom stereocenters. The molecular weight excluding hydrogens is 234 g/mol. The molecule has 1 saturated heterocycles. The standard InChI is InChI=1S/C8H15N3O6/c1-3(12)16-8-7(15)6(14)5(13)4(17-8)2-10-11-9/h3-8,12-15H,2H2,1H3/t3-,4?,5-,6?,7?,8+/m1/s1. The van der Waals surface area contributed by atoms with Gasteiger partial charge >= 0.3 is 0 Å². The molecule has 98 valence electrons. The van der Waals surface area contributed by atoms with E-state index >= 15 is 0 Å². The molecule has 1 fully saturated rings. The van der Waals surface area contributed by atoms with Gasteiger partial charge in [-0.25, -0.2) is 0 Å². The van der Waals surface area contributed by atoms with Crippen molar-refractivity contribution in [2.45, 2.75) is 43.9 Å². The van der Waals surface area contributed by atoms with Gasteiger partial charge in [-0.3, -0.25) is 0 Å². The molecule has 1 heterocycles. The number of aliphatic hydroxyl groups is 4. The smallest absolute Gasteiger partial charge is 0.189 e. The predicted octanol–water partition coefficient (Wildman–Crippen LogP) is -1.54. The average Bonchev–Trinajstić information content (AvgIpc) is 2.28. The first-order valence-corrected chi connectivity index (χ1v) is 5.01. The second-order valence-electron chi connectivity index (χ2n) is 3.66. The zero-order valence-corrected chi connectivity index (χ0v) is 9.12. The van der Waals surface area contributed by atoms with Crippen LogP contribution in [-0.2, 0) is 9.47 Å². The van der Waals surface area contributed by atoms with Gasteiger partial charge in [0.05, 0.1) is 12.6 Å². The monoisotopic (exact) mass is 249 g/mol. The van der Waals surface area contributed by atoms with Crippen LogP contribution in [0.4, 0.5) is 0 Å². The topological polar surface area (TPSA) is 148 Å². The van der Waals surface area contributed by atoms with Gasteiger partial charge in [-0.1, -0.05) is 5.11 Å². The van der Waals surface area contributed by atoms with Crippen LogP contribution in [0.25, 0.3) is 10.4 Å². The van der Waals surface area contributed by atoms with Crippen LogP contribution >= 0.6 is 0 Å². The molecule has 9 heteroatoms. The van der Waals surface area contributed by atoms with E-state index in [4.69, 9.17) is 20.1 Å². The molecule has 0 aromatic carbocycles. The number of nitrogens with zero attached hydrogens (tertiary/aromatic N) is 3. The molecule has 0 aromatic heterocycles. The van der Waals surface area contributed by atoms with Crippen LogP contribution in [0.3, 0.4) is 0 Å². The molecule has 0 spiro atoms. The molecule has 4 N–H and O–H groups in total. The minimum atomic E-state index is -1.51. The van der Waals surface area contributed by atoms with E-state index in [1.807, 2.05) is 0 Å². The SMILES string of the molecule is C[C@H](O)O[C@H]1OC(CN=[N+]=[N-])[C@@H](O)C(O)C1O. The lowest BCUT2D eigenvalue weighted by atomic mass is 9.99. The van der Waals surface area contributed by atoms with Crippen LogP contribution in [0.1, 0.15) is 6.92 Å². The zero-order chi connectivity index (χ0) is 13.0. The Morgan fingerprint density at radius 2 is 2.00 bits per heavy atom. The number of aliphatic hydroxyl groups excluding tert-OH is 4. The molecule has 0 amide bonds. The Labute approximate surface area is 96.8 Å². The quantitative estimate of drug-likeness (QED) is 0.205. The van der Waals surface area contributed by atoms with Crippen molar-refractivity contribution in [2.24, 2.45) is 5.11 Å². The fourth-order valence-corrected chi connectivity index (χ4v) is 1.49. The van der Waals surface area contributed by atoms with Crippen molar-refractivity contribution in [1.29, 1.82) is 0 Å². The van der Waals surface area contributed by atoms with E-state index in [2.05, 4.69) is 10.0 Å². The largest absolute Gasteiger partial charge is 0.388 e. The number of ether oxygens (including phenoxy) is 2. The summed E-state index contributed by atoms with van der Waals surface area (Å²) in [4.78, 5) is 2.49. The summed E-state index contributed by atoms with van der Waals surface area (Å²) < 4.78 is 9.90. The number of rotatable bonds is 4. The van der Waals surface area contributed by atoms with Gasteiger partial charge in [0, 0.05) is 4.91 Å². The Bertz CT molecular complexity index is 295. The van der Waals surface area contributed by atoms with Crippen molar-refractivity contribution >= 4 is 0 Å². The van der Waals surface area contributed by atoms with Crippen LogP contribution in [-0.4, -0.2) is 64.0 Å². The second-order valence-corrected chi connectivity index (χ2v) is 3.66. The number of hydrogen-bond acceptors (Lipinski definition) is 7. The Hall–Kier alpha value is -0.930. The summed E-state index contributed by atoms with van der Waals surface area (Å²) >= 11 is 0. The molecule has 0 radical (unpaired) electrons. The lowest BCUT2D eigenvalue weighted by Gasteiger charge is -2.40. The van der Waals surface area contributed by atoms with Gasteiger partial charge in [0.2, 0.25) is 0 Å². The summed E-state index contributed by atoms with van der Waals surface area (Å²) in [5.74, 6) is 0. The lowest BCUT2D eigenvalue weighted by molar-refractivity contribution is -0.323. The summed E-state index contributed by atoms with van der Waals surface area (Å²) in [7, 11) is 0. The molecule has 1 rings (SSSR count). The average molecular weight is 249 g/mol. The normalized spacial score (nSPS) is 39.5. The maximum absolute atomic E-state index is 9.55. The van der Waals surface area contributed by atoms with Crippen molar-refractivity contribution in [3.8, 4) is 0 Å². The van der Waals surface area contributed by atoms with Crippen LogP contribution < -0.4 is 0 Å². The number of hydrogen-bond donors (Lipinski definition) is 4. The van der Waals surface area contributed by atoms with Crippen LogP contribution in [0.15, 0.2) is 5.11 Å². The van der Waals surface area contributed by atoms with E-state index in [-0.39, 0.29) is 6.54 Å². The summed E-state index contributed by atoms with van der Waals surface area (Å²) in [5, 5.41) is 40.8. The highest BCUT2D eigenvalue weighted by atomic mass is 16.7. The first kappa shape index (κ1) is 14.1. The van der Waals surface area contributed by atoms with Crippen molar-refractivity contribution in [3.05, 3.63) is 10.4 Å². The third kappa shape index (κ3) is 3.51. The van der Waals surface area contributed by atoms with E-state index in [1.54, 1.807) is 0 Å². The third-order valence-electron chi connectivity index (χ3n) is 2.32. The van der Waals surface area contributed by atoms with E-state index in [0.717, 1.165) is 0 Å². The zero-order valence-electron chi connectivity index (χ0n) is 9.12. The second kappa shape index (κ2) is 6.12. The molecule has 17 heavy (non-hydrogen) atoms. The van der Waals surface area contributed by atoms with Crippen LogP contribution in [0, 0.1) is 0 Å². The van der Waals surface area contributed by atoms with Gasteiger partial charge in [0.1, 0.15) is 18.3 Å². The first-order chi connectivity index (χ1) is 7.97. The summed E-state index contributed by atoms with van der Waals surface area (Å²) in [6, 6.07) is 0. The Morgan fingerprint density at radius 3 is 2.53 bits per heavy atom. The van der Waals surface area contributed by atoms with Gasteiger partial charge in [0.25, 0.3) is 0 Å². The molecule has 0 saturated carbocycles. The van der Waals surface area contributed by atoms with Crippen molar-refractivity contribution in [3.63, 3.8) is 0 Å². The summed E-state index contributed by atoms with van der Waals surface area (Å²) in [6.07, 6.45) is -7.92. The Balaban J connectivity index is 2.71. The van der Waals surface area contributed by atoms with E-state index in [0.29, 0.717) is 0 Å². The molecule has 0 aromatic rings. The maximum atomic E-state index is 9.55. The van der Waals surface area contributed by atoms with Crippen molar-refractivity contribution < 1.29 is 29.9 Å². The lowest BCUT2D eigenvalue weighted by Crippen LogP contribution is -2.59. The first-order valence-electron chi connectivity index (χ1n) is 5.01. The van der Waals surface area contributed by atoms with Gasteiger partial charge in [0.15, 0.2) is 12.6 Å². The minimum absolute atomic E-state index is 0.221. The molecule has 0 aliphatic carbocycles. The third-order valence-corrected chi connectivity index (χ3v) is 2.32. The highest BCUT2D eigenvalue weighted by Gasteiger charge is 2.44. The summed E-state index contributed by atoms with van der Waals surface area (Å²) in [6.45, 7) is 1.08. The van der Waals surface area contributed by atoms with E-state index < -0.39 is 37.0 Å². The molecule has 1 aliphatic rings. The van der Waals surface area contributed by atoms with Gasteiger partial charge < -0.3 is 29.9 Å². The van der Waals surface area contributed by atoms with Crippen LogP contribution in [0.2, 0.25) is 0 Å². The molecular formula is C8H15N3O6. The molecule has 3 unspecified atom stereocenters. The van der Waals surface area contributed by atoms with Crippen molar-refractivity contribution in [2.75, 3.05) is 6.54 Å².